The molecule has 0 aromatic heterocycles. The van der Waals surface area contributed by atoms with Gasteiger partial charge in [0.05, 0.1) is 24.4 Å². The Balaban J connectivity index is 1.65. The maximum Gasteiger partial charge on any atom is 0.101 e. The summed E-state index contributed by atoms with van der Waals surface area (Å²) in [5.41, 5.74) is 0. The number of hydrogen-bond donors (Lipinski definition) is 0. The van der Waals surface area contributed by atoms with Crippen LogP contribution in [0, 0.1) is 0 Å². The zero-order valence-corrected chi connectivity index (χ0v) is 12.7. The fourth-order valence-corrected chi connectivity index (χ4v) is 3.08. The fourth-order valence-electron chi connectivity index (χ4n) is 3.08. The molecule has 2 aliphatic rings. The highest BCUT2D eigenvalue weighted by Crippen LogP contribution is 2.12. The van der Waals surface area contributed by atoms with Crippen molar-refractivity contribution >= 4 is 0 Å². The minimum atomic E-state index is 0.302. The number of nitrogens with zero attached hydrogens (tertiary/aromatic N) is 2. The molecule has 0 aromatic rings. The summed E-state index contributed by atoms with van der Waals surface area (Å²) in [6, 6.07) is 0. The van der Waals surface area contributed by atoms with Gasteiger partial charge in [0, 0.05) is 26.2 Å². The molecular formula is C14H28N2O3. The Labute approximate surface area is 116 Å². The first-order valence-electron chi connectivity index (χ1n) is 7.36. The van der Waals surface area contributed by atoms with Crippen LogP contribution in [-0.4, -0.2) is 73.9 Å². The molecule has 4 atom stereocenters. The predicted octanol–water partition coefficient (Wildman–Crippen LogP) is 1.14. The molecule has 5 nitrogen and oxygen atoms in total. The van der Waals surface area contributed by atoms with Crippen LogP contribution in [0.5, 0.6) is 0 Å². The van der Waals surface area contributed by atoms with Crippen LogP contribution in [0.4, 0.5) is 0 Å². The second kappa shape index (κ2) is 6.99. The van der Waals surface area contributed by atoms with Crippen molar-refractivity contribution in [1.82, 2.24) is 9.80 Å². The SMILES string of the molecule is CC1CN(COCN2CC(C)OC(C)C2)CC(C)O1. The molecule has 2 aliphatic heterocycles. The van der Waals surface area contributed by atoms with E-state index >= 15 is 0 Å². The van der Waals surface area contributed by atoms with Crippen LogP contribution >= 0.6 is 0 Å². The summed E-state index contributed by atoms with van der Waals surface area (Å²) in [5.74, 6) is 0. The Bertz CT molecular complexity index is 231. The molecule has 19 heavy (non-hydrogen) atoms. The van der Waals surface area contributed by atoms with Crippen molar-refractivity contribution in [3.63, 3.8) is 0 Å². The van der Waals surface area contributed by atoms with Crippen LogP contribution < -0.4 is 0 Å². The molecule has 0 spiro atoms. The van der Waals surface area contributed by atoms with Gasteiger partial charge in [0.25, 0.3) is 0 Å². The molecule has 2 heterocycles. The van der Waals surface area contributed by atoms with Crippen LogP contribution in [0.2, 0.25) is 0 Å². The molecule has 0 bridgehead atoms. The first-order chi connectivity index (χ1) is 9.02. The zero-order chi connectivity index (χ0) is 13.8. The van der Waals surface area contributed by atoms with Gasteiger partial charge in [-0.1, -0.05) is 0 Å². The molecular weight excluding hydrogens is 244 g/mol. The van der Waals surface area contributed by atoms with Gasteiger partial charge in [-0.25, -0.2) is 0 Å². The molecule has 5 heteroatoms. The van der Waals surface area contributed by atoms with Gasteiger partial charge in [0.1, 0.15) is 13.5 Å². The molecule has 0 amide bonds. The van der Waals surface area contributed by atoms with Gasteiger partial charge >= 0.3 is 0 Å². The molecule has 0 saturated carbocycles. The van der Waals surface area contributed by atoms with Crippen LogP contribution in [0.15, 0.2) is 0 Å². The van der Waals surface area contributed by atoms with E-state index in [1.54, 1.807) is 0 Å². The Morgan fingerprint density at radius 2 is 1.05 bits per heavy atom. The van der Waals surface area contributed by atoms with Gasteiger partial charge in [0.2, 0.25) is 0 Å². The van der Waals surface area contributed by atoms with E-state index in [-0.39, 0.29) is 0 Å². The van der Waals surface area contributed by atoms with E-state index in [0.29, 0.717) is 37.9 Å². The van der Waals surface area contributed by atoms with E-state index < -0.39 is 0 Å². The van der Waals surface area contributed by atoms with E-state index in [4.69, 9.17) is 14.2 Å². The monoisotopic (exact) mass is 272 g/mol. The van der Waals surface area contributed by atoms with Gasteiger partial charge in [-0.3, -0.25) is 9.80 Å². The summed E-state index contributed by atoms with van der Waals surface area (Å²) in [5, 5.41) is 0. The average molecular weight is 272 g/mol. The van der Waals surface area contributed by atoms with E-state index in [0.717, 1.165) is 26.2 Å². The summed E-state index contributed by atoms with van der Waals surface area (Å²) in [7, 11) is 0. The van der Waals surface area contributed by atoms with Crippen molar-refractivity contribution in [2.24, 2.45) is 0 Å². The second-order valence-electron chi connectivity index (χ2n) is 6.05. The van der Waals surface area contributed by atoms with Gasteiger partial charge in [-0.05, 0) is 27.7 Å². The van der Waals surface area contributed by atoms with E-state index in [1.807, 2.05) is 0 Å². The van der Waals surface area contributed by atoms with Crippen LogP contribution in [0.1, 0.15) is 27.7 Å². The van der Waals surface area contributed by atoms with Crippen molar-refractivity contribution in [3.8, 4) is 0 Å². The molecule has 0 N–H and O–H groups in total. The second-order valence-corrected chi connectivity index (χ2v) is 6.05. The maximum atomic E-state index is 5.85. The fraction of sp³-hybridized carbons (Fsp3) is 1.00. The van der Waals surface area contributed by atoms with Gasteiger partial charge < -0.3 is 14.2 Å². The normalized spacial score (nSPS) is 38.5. The van der Waals surface area contributed by atoms with Crippen LogP contribution in [0.25, 0.3) is 0 Å². The third-order valence-electron chi connectivity index (χ3n) is 3.54. The maximum absolute atomic E-state index is 5.85. The number of rotatable bonds is 4. The first kappa shape index (κ1) is 15.2. The van der Waals surface area contributed by atoms with Gasteiger partial charge in [0.15, 0.2) is 0 Å². The quantitative estimate of drug-likeness (QED) is 0.766. The third kappa shape index (κ3) is 5.00. The highest BCUT2D eigenvalue weighted by molar-refractivity contribution is 4.72. The van der Waals surface area contributed by atoms with E-state index in [1.165, 1.54) is 0 Å². The average Bonchev–Trinajstić information content (AvgIpc) is 2.26. The molecule has 2 saturated heterocycles. The van der Waals surface area contributed by atoms with Crippen LogP contribution in [-0.2, 0) is 14.2 Å². The van der Waals surface area contributed by atoms with E-state index in [9.17, 15) is 0 Å². The molecule has 2 rings (SSSR count). The third-order valence-corrected chi connectivity index (χ3v) is 3.54. The standard InChI is InChI=1S/C14H28N2O3/c1-11-5-15(6-12(2)18-11)9-17-10-16-7-13(3)19-14(4)8-16/h11-14H,5-10H2,1-4H3. The lowest BCUT2D eigenvalue weighted by molar-refractivity contribution is -0.133. The van der Waals surface area contributed by atoms with Crippen molar-refractivity contribution < 1.29 is 14.2 Å². The van der Waals surface area contributed by atoms with Crippen molar-refractivity contribution in [2.75, 3.05) is 39.6 Å². The lowest BCUT2D eigenvalue weighted by Crippen LogP contribution is -2.48. The summed E-state index contributed by atoms with van der Waals surface area (Å²) in [6.45, 7) is 13.7. The van der Waals surface area contributed by atoms with Gasteiger partial charge in [-0.15, -0.1) is 0 Å². The largest absolute Gasteiger partial charge is 0.373 e. The van der Waals surface area contributed by atoms with Crippen molar-refractivity contribution in [2.45, 2.75) is 52.1 Å². The summed E-state index contributed by atoms with van der Waals surface area (Å²) < 4.78 is 17.3. The lowest BCUT2D eigenvalue weighted by atomic mass is 10.2. The predicted molar refractivity (Wildman–Crippen MR) is 74.0 cm³/mol. The Hall–Kier alpha value is -0.200. The molecule has 0 aliphatic carbocycles. The minimum absolute atomic E-state index is 0.302. The Morgan fingerprint density at radius 3 is 1.37 bits per heavy atom. The number of morpholine rings is 2. The zero-order valence-electron chi connectivity index (χ0n) is 12.7. The van der Waals surface area contributed by atoms with Crippen molar-refractivity contribution in [3.05, 3.63) is 0 Å². The summed E-state index contributed by atoms with van der Waals surface area (Å²) in [4.78, 5) is 4.65. The van der Waals surface area contributed by atoms with Gasteiger partial charge in [-0.2, -0.15) is 0 Å². The smallest absolute Gasteiger partial charge is 0.101 e. The lowest BCUT2D eigenvalue weighted by Gasteiger charge is -2.37. The molecule has 0 radical (unpaired) electrons. The number of ether oxygens (including phenoxy) is 3. The number of hydrogen-bond acceptors (Lipinski definition) is 5. The highest BCUT2D eigenvalue weighted by atomic mass is 16.5. The minimum Gasteiger partial charge on any atom is -0.373 e. The Morgan fingerprint density at radius 1 is 0.737 bits per heavy atom. The molecule has 112 valence electrons. The molecule has 2 fully saturated rings. The summed E-state index contributed by atoms with van der Waals surface area (Å²) >= 11 is 0. The van der Waals surface area contributed by atoms with E-state index in [2.05, 4.69) is 37.5 Å². The topological polar surface area (TPSA) is 34.2 Å². The van der Waals surface area contributed by atoms with Crippen molar-refractivity contribution in [1.29, 1.82) is 0 Å². The highest BCUT2D eigenvalue weighted by Gasteiger charge is 2.24. The summed E-state index contributed by atoms with van der Waals surface area (Å²) in [6.07, 6.45) is 1.21. The molecule has 0 aromatic carbocycles. The molecule has 4 unspecified atom stereocenters. The Kier molecular flexibility index (Phi) is 5.59. The van der Waals surface area contributed by atoms with Crippen LogP contribution in [0.3, 0.4) is 0 Å². The first-order valence-corrected chi connectivity index (χ1v) is 7.36.